The Labute approximate surface area is 117 Å². The van der Waals surface area contributed by atoms with Crippen LogP contribution in [0.1, 0.15) is 5.56 Å². The molecule has 1 aliphatic heterocycles. The number of aliphatic hydroxyl groups excluding tert-OH is 2. The quantitative estimate of drug-likeness (QED) is 0.646. The summed E-state index contributed by atoms with van der Waals surface area (Å²) in [6.07, 6.45) is -1.31. The Morgan fingerprint density at radius 3 is 2.68 bits per heavy atom. The van der Waals surface area contributed by atoms with Crippen LogP contribution in [-0.4, -0.2) is 58.6 Å². The van der Waals surface area contributed by atoms with Gasteiger partial charge < -0.3 is 20.7 Å². The van der Waals surface area contributed by atoms with Gasteiger partial charge in [-0.2, -0.15) is 0 Å². The predicted octanol–water partition coefficient (Wildman–Crippen LogP) is -0.263. The molecule has 0 radical (unpaired) electrons. The molecule has 19 heavy (non-hydrogen) atoms. The van der Waals surface area contributed by atoms with Crippen LogP contribution in [0.5, 0.6) is 5.75 Å². The number of nitrogens with two attached hydrogens (primary N) is 1. The lowest BCUT2D eigenvalue weighted by Crippen LogP contribution is -2.27. The van der Waals surface area contributed by atoms with Crippen molar-refractivity contribution in [2.75, 3.05) is 26.2 Å². The summed E-state index contributed by atoms with van der Waals surface area (Å²) in [6.45, 7) is 2.11. The summed E-state index contributed by atoms with van der Waals surface area (Å²) in [6, 6.07) is 7.32. The lowest BCUT2D eigenvalue weighted by Gasteiger charge is -2.15. The van der Waals surface area contributed by atoms with Gasteiger partial charge in [0, 0.05) is 25.2 Å². The first-order valence-corrected chi connectivity index (χ1v) is 6.58. The molecule has 2 unspecified atom stereocenters. The number of thiocarbonyl (C=S) groups is 1. The number of ether oxygens (including phenoxy) is 1. The van der Waals surface area contributed by atoms with Crippen molar-refractivity contribution in [3.05, 3.63) is 29.8 Å². The minimum absolute atomic E-state index is 0.344. The molecule has 5 nitrogen and oxygen atoms in total. The van der Waals surface area contributed by atoms with Gasteiger partial charge in [-0.25, -0.2) is 0 Å². The van der Waals surface area contributed by atoms with E-state index in [1.165, 1.54) is 0 Å². The van der Waals surface area contributed by atoms with Gasteiger partial charge in [0.25, 0.3) is 0 Å². The molecule has 0 spiro atoms. The molecule has 1 saturated heterocycles. The zero-order valence-corrected chi connectivity index (χ0v) is 11.3. The summed E-state index contributed by atoms with van der Waals surface area (Å²) in [4.78, 5) is 2.31. The zero-order chi connectivity index (χ0) is 13.8. The van der Waals surface area contributed by atoms with Crippen molar-refractivity contribution < 1.29 is 14.9 Å². The van der Waals surface area contributed by atoms with E-state index in [9.17, 15) is 10.2 Å². The van der Waals surface area contributed by atoms with E-state index in [0.717, 1.165) is 5.56 Å². The van der Waals surface area contributed by atoms with Crippen LogP contribution in [0.25, 0.3) is 0 Å². The fraction of sp³-hybridized carbons (Fsp3) is 0.462. The third-order valence-corrected chi connectivity index (χ3v) is 3.37. The van der Waals surface area contributed by atoms with Gasteiger partial charge in [-0.3, -0.25) is 4.90 Å². The van der Waals surface area contributed by atoms with Crippen molar-refractivity contribution in [2.24, 2.45) is 5.73 Å². The number of benzene rings is 1. The first kappa shape index (κ1) is 14.2. The summed E-state index contributed by atoms with van der Waals surface area (Å²) >= 11 is 4.91. The Hall–Kier alpha value is -1.21. The van der Waals surface area contributed by atoms with Crippen molar-refractivity contribution in [3.8, 4) is 5.75 Å². The maximum Gasteiger partial charge on any atom is 0.120 e. The topological polar surface area (TPSA) is 79.0 Å². The molecule has 1 aromatic rings. The van der Waals surface area contributed by atoms with Crippen LogP contribution in [0.2, 0.25) is 0 Å². The molecule has 1 aliphatic rings. The molecule has 104 valence electrons. The fourth-order valence-corrected chi connectivity index (χ4v) is 2.19. The molecule has 2 rings (SSSR count). The molecule has 4 N–H and O–H groups in total. The number of hydrogen-bond donors (Lipinski definition) is 3. The Morgan fingerprint density at radius 2 is 2.05 bits per heavy atom. The average molecular weight is 282 g/mol. The molecular formula is C13H18N2O3S. The SMILES string of the molecule is NC(=S)c1cccc(OCCN2CC(O)C(O)C2)c1. The van der Waals surface area contributed by atoms with Gasteiger partial charge in [-0.05, 0) is 12.1 Å². The second-order valence-electron chi connectivity index (χ2n) is 4.63. The lowest BCUT2D eigenvalue weighted by atomic mass is 10.2. The molecule has 2 atom stereocenters. The third-order valence-electron chi connectivity index (χ3n) is 3.13. The van der Waals surface area contributed by atoms with E-state index in [1.807, 2.05) is 23.1 Å². The molecule has 0 saturated carbocycles. The fourth-order valence-electron chi connectivity index (χ4n) is 2.06. The predicted molar refractivity (Wildman–Crippen MR) is 76.3 cm³/mol. The van der Waals surface area contributed by atoms with Crippen LogP contribution in [0, 0.1) is 0 Å². The molecule has 0 aromatic heterocycles. The molecule has 6 heteroatoms. The van der Waals surface area contributed by atoms with Crippen molar-refractivity contribution in [1.29, 1.82) is 0 Å². The smallest absolute Gasteiger partial charge is 0.120 e. The highest BCUT2D eigenvalue weighted by Gasteiger charge is 2.28. The standard InChI is InChI=1S/C13H18N2O3S/c14-13(19)9-2-1-3-10(6-9)18-5-4-15-7-11(16)12(17)8-15/h1-3,6,11-12,16-17H,4-5,7-8H2,(H2,14,19). The molecule has 0 aliphatic carbocycles. The normalized spacial score (nSPS) is 23.5. The third kappa shape index (κ3) is 3.87. The highest BCUT2D eigenvalue weighted by Crippen LogP contribution is 2.14. The summed E-state index contributed by atoms with van der Waals surface area (Å²) in [5.74, 6) is 0.714. The van der Waals surface area contributed by atoms with Crippen LogP contribution in [0.4, 0.5) is 0 Å². The van der Waals surface area contributed by atoms with Gasteiger partial charge in [0.1, 0.15) is 17.3 Å². The van der Waals surface area contributed by atoms with E-state index in [0.29, 0.717) is 37.0 Å². The Kier molecular flexibility index (Phi) is 4.71. The second-order valence-corrected chi connectivity index (χ2v) is 5.07. The van der Waals surface area contributed by atoms with Crippen LogP contribution in [-0.2, 0) is 0 Å². The molecule has 0 amide bonds. The number of hydrogen-bond acceptors (Lipinski definition) is 5. The largest absolute Gasteiger partial charge is 0.492 e. The second kappa shape index (κ2) is 6.29. The first-order chi connectivity index (χ1) is 9.06. The Morgan fingerprint density at radius 1 is 1.37 bits per heavy atom. The van der Waals surface area contributed by atoms with E-state index >= 15 is 0 Å². The summed E-state index contributed by atoms with van der Waals surface area (Å²) in [5, 5.41) is 18.8. The van der Waals surface area contributed by atoms with E-state index in [-0.39, 0.29) is 0 Å². The summed E-state index contributed by atoms with van der Waals surface area (Å²) in [7, 11) is 0. The highest BCUT2D eigenvalue weighted by molar-refractivity contribution is 7.80. The Balaban J connectivity index is 1.80. The maximum absolute atomic E-state index is 9.42. The van der Waals surface area contributed by atoms with Crippen molar-refractivity contribution >= 4 is 17.2 Å². The molecule has 1 fully saturated rings. The van der Waals surface area contributed by atoms with Gasteiger partial charge in [0.2, 0.25) is 0 Å². The maximum atomic E-state index is 9.42. The van der Waals surface area contributed by atoms with Gasteiger partial charge >= 0.3 is 0 Å². The van der Waals surface area contributed by atoms with Crippen LogP contribution in [0.3, 0.4) is 0 Å². The van der Waals surface area contributed by atoms with E-state index in [2.05, 4.69) is 0 Å². The molecule has 1 aromatic carbocycles. The van der Waals surface area contributed by atoms with Gasteiger partial charge in [-0.1, -0.05) is 24.4 Å². The van der Waals surface area contributed by atoms with E-state index in [4.69, 9.17) is 22.7 Å². The summed E-state index contributed by atoms with van der Waals surface area (Å²) in [5.41, 5.74) is 6.33. The van der Waals surface area contributed by atoms with Crippen molar-refractivity contribution in [2.45, 2.75) is 12.2 Å². The number of aliphatic hydroxyl groups is 2. The molecule has 1 heterocycles. The monoisotopic (exact) mass is 282 g/mol. The van der Waals surface area contributed by atoms with Crippen LogP contribution < -0.4 is 10.5 Å². The number of nitrogens with zero attached hydrogens (tertiary/aromatic N) is 1. The number of likely N-dealkylation sites (tertiary alicyclic amines) is 1. The minimum atomic E-state index is -0.655. The zero-order valence-electron chi connectivity index (χ0n) is 10.5. The van der Waals surface area contributed by atoms with E-state index < -0.39 is 12.2 Å². The summed E-state index contributed by atoms with van der Waals surface area (Å²) < 4.78 is 5.61. The van der Waals surface area contributed by atoms with Gasteiger partial charge in [0.05, 0.1) is 12.2 Å². The molecule has 0 bridgehead atoms. The first-order valence-electron chi connectivity index (χ1n) is 6.17. The van der Waals surface area contributed by atoms with Crippen molar-refractivity contribution in [3.63, 3.8) is 0 Å². The average Bonchev–Trinajstić information content (AvgIpc) is 2.69. The minimum Gasteiger partial charge on any atom is -0.492 e. The highest BCUT2D eigenvalue weighted by atomic mass is 32.1. The van der Waals surface area contributed by atoms with Gasteiger partial charge in [-0.15, -0.1) is 0 Å². The van der Waals surface area contributed by atoms with Gasteiger partial charge in [0.15, 0.2) is 0 Å². The number of rotatable bonds is 5. The van der Waals surface area contributed by atoms with Crippen LogP contribution >= 0.6 is 12.2 Å². The number of β-amino-alcohol motifs (C(OH)–C–C–N with tert-alkyl or cyclic N) is 2. The Bertz CT molecular complexity index is 445. The van der Waals surface area contributed by atoms with E-state index in [1.54, 1.807) is 6.07 Å². The van der Waals surface area contributed by atoms with Crippen molar-refractivity contribution in [1.82, 2.24) is 4.90 Å². The molecular weight excluding hydrogens is 264 g/mol. The lowest BCUT2D eigenvalue weighted by molar-refractivity contribution is 0.0572. The van der Waals surface area contributed by atoms with Crippen LogP contribution in [0.15, 0.2) is 24.3 Å².